The first-order valence-corrected chi connectivity index (χ1v) is 10.6. The molecule has 0 unspecified atom stereocenters. The predicted molar refractivity (Wildman–Crippen MR) is 130 cm³/mol. The van der Waals surface area contributed by atoms with Gasteiger partial charge in [-0.25, -0.2) is 0 Å². The number of hydrogen-bond donors (Lipinski definition) is 0. The molecule has 1 aromatic heterocycles. The molecular formula is C29H27N. The van der Waals surface area contributed by atoms with Crippen LogP contribution in [0.2, 0.25) is 0 Å². The first-order chi connectivity index (χ1) is 14.4. The van der Waals surface area contributed by atoms with Gasteiger partial charge in [0, 0.05) is 10.8 Å². The van der Waals surface area contributed by atoms with E-state index < -0.39 is 0 Å². The van der Waals surface area contributed by atoms with Crippen molar-refractivity contribution in [3.63, 3.8) is 0 Å². The van der Waals surface area contributed by atoms with Gasteiger partial charge < -0.3 is 4.57 Å². The third-order valence-electron chi connectivity index (χ3n) is 5.98. The fourth-order valence-electron chi connectivity index (χ4n) is 4.67. The Morgan fingerprint density at radius 1 is 0.600 bits per heavy atom. The van der Waals surface area contributed by atoms with Crippen molar-refractivity contribution in [2.24, 2.45) is 0 Å². The second kappa shape index (κ2) is 6.88. The Morgan fingerprint density at radius 2 is 1.17 bits per heavy atom. The maximum Gasteiger partial charge on any atom is 0.0541 e. The predicted octanol–water partition coefficient (Wildman–Crippen LogP) is 8.06. The smallest absolute Gasteiger partial charge is 0.0541 e. The monoisotopic (exact) mass is 389 g/mol. The first-order valence-electron chi connectivity index (χ1n) is 10.6. The molecule has 0 saturated carbocycles. The van der Waals surface area contributed by atoms with Crippen LogP contribution in [0.25, 0.3) is 38.6 Å². The number of rotatable bonds is 2. The highest BCUT2D eigenvalue weighted by atomic mass is 15.0. The highest BCUT2D eigenvalue weighted by Gasteiger charge is 2.25. The summed E-state index contributed by atoms with van der Waals surface area (Å²) in [5.41, 5.74) is 9.00. The number of nitrogens with zero attached hydrogens (tertiary/aromatic N) is 1. The topological polar surface area (TPSA) is 4.93 Å². The van der Waals surface area contributed by atoms with Crippen LogP contribution in [0.5, 0.6) is 0 Å². The fourth-order valence-corrected chi connectivity index (χ4v) is 4.67. The van der Waals surface area contributed by atoms with E-state index in [9.17, 15) is 0 Å². The van der Waals surface area contributed by atoms with E-state index in [1.165, 1.54) is 49.7 Å². The molecule has 0 aliphatic heterocycles. The normalized spacial score (nSPS) is 12.0. The Kier molecular flexibility index (Phi) is 4.29. The molecule has 0 bridgehead atoms. The van der Waals surface area contributed by atoms with Crippen molar-refractivity contribution in [1.29, 1.82) is 0 Å². The lowest BCUT2D eigenvalue weighted by atomic mass is 9.80. The Hall–Kier alpha value is -3.32. The van der Waals surface area contributed by atoms with Crippen molar-refractivity contribution in [3.05, 3.63) is 102 Å². The maximum atomic E-state index is 2.45. The van der Waals surface area contributed by atoms with Gasteiger partial charge >= 0.3 is 0 Å². The molecule has 1 nitrogen and oxygen atoms in total. The summed E-state index contributed by atoms with van der Waals surface area (Å²) < 4.78 is 2.45. The molecule has 0 fully saturated rings. The van der Waals surface area contributed by atoms with Gasteiger partial charge in [-0.1, -0.05) is 99.1 Å². The Balaban J connectivity index is 1.91. The molecule has 0 aliphatic rings. The average molecular weight is 390 g/mol. The highest BCUT2D eigenvalue weighted by molar-refractivity contribution is 6.09. The Morgan fingerprint density at radius 3 is 1.73 bits per heavy atom. The van der Waals surface area contributed by atoms with Gasteiger partial charge in [0.05, 0.1) is 16.7 Å². The van der Waals surface area contributed by atoms with E-state index in [-0.39, 0.29) is 5.41 Å². The molecule has 1 heteroatoms. The Bertz CT molecular complexity index is 1310. The van der Waals surface area contributed by atoms with Crippen molar-refractivity contribution < 1.29 is 0 Å². The van der Waals surface area contributed by atoms with Gasteiger partial charge in [0.25, 0.3) is 0 Å². The third-order valence-corrected chi connectivity index (χ3v) is 5.98. The molecule has 0 N–H and O–H groups in total. The fraction of sp³-hybridized carbons (Fsp3) is 0.172. The molecule has 5 aromatic rings. The average Bonchev–Trinajstić information content (AvgIpc) is 3.07. The van der Waals surface area contributed by atoms with Gasteiger partial charge in [-0.3, -0.25) is 0 Å². The summed E-state index contributed by atoms with van der Waals surface area (Å²) in [6.45, 7) is 9.09. The van der Waals surface area contributed by atoms with Crippen LogP contribution in [-0.4, -0.2) is 4.57 Å². The van der Waals surface area contributed by atoms with E-state index in [0.29, 0.717) is 0 Å². The van der Waals surface area contributed by atoms with Crippen molar-refractivity contribution in [2.45, 2.75) is 33.1 Å². The number of aryl methyl sites for hydroxylation is 1. The van der Waals surface area contributed by atoms with Crippen molar-refractivity contribution >= 4 is 21.8 Å². The van der Waals surface area contributed by atoms with Crippen LogP contribution in [0.3, 0.4) is 0 Å². The van der Waals surface area contributed by atoms with Crippen molar-refractivity contribution in [2.75, 3.05) is 0 Å². The van der Waals surface area contributed by atoms with E-state index >= 15 is 0 Å². The molecule has 0 spiro atoms. The minimum Gasteiger partial charge on any atom is -0.309 e. The van der Waals surface area contributed by atoms with Gasteiger partial charge in [-0.15, -0.1) is 0 Å². The molecule has 0 aliphatic carbocycles. The van der Waals surface area contributed by atoms with Gasteiger partial charge in [-0.05, 0) is 47.2 Å². The summed E-state index contributed by atoms with van der Waals surface area (Å²) >= 11 is 0. The molecule has 148 valence electrons. The summed E-state index contributed by atoms with van der Waals surface area (Å²) in [6, 6.07) is 33.1. The molecule has 30 heavy (non-hydrogen) atoms. The lowest BCUT2D eigenvalue weighted by Crippen LogP contribution is -2.17. The summed E-state index contributed by atoms with van der Waals surface area (Å²) in [6.07, 6.45) is 0. The van der Waals surface area contributed by atoms with E-state index in [4.69, 9.17) is 0 Å². The van der Waals surface area contributed by atoms with Gasteiger partial charge in [0.1, 0.15) is 0 Å². The standard InChI is InChI=1S/C29H27N/c1-20-16-18-21(19-17-20)22-12-9-15-27(28(22)29(2,3)4)30-25-13-7-5-10-23(25)24-11-6-8-14-26(24)30/h5-19H,1-4H3. The van der Waals surface area contributed by atoms with Crippen molar-refractivity contribution in [3.8, 4) is 16.8 Å². The lowest BCUT2D eigenvalue weighted by molar-refractivity contribution is 0.589. The number of fused-ring (bicyclic) bond motifs is 3. The zero-order valence-electron chi connectivity index (χ0n) is 18.1. The molecule has 0 radical (unpaired) electrons. The van der Waals surface area contributed by atoms with E-state index in [1.807, 2.05) is 0 Å². The second-order valence-electron chi connectivity index (χ2n) is 9.19. The number of aromatic nitrogens is 1. The summed E-state index contributed by atoms with van der Waals surface area (Å²) in [4.78, 5) is 0. The van der Waals surface area contributed by atoms with Gasteiger partial charge in [0.15, 0.2) is 0 Å². The second-order valence-corrected chi connectivity index (χ2v) is 9.19. The largest absolute Gasteiger partial charge is 0.309 e. The molecule has 1 heterocycles. The maximum absolute atomic E-state index is 2.45. The van der Waals surface area contributed by atoms with E-state index in [2.05, 4.69) is 123 Å². The van der Waals surface area contributed by atoms with Gasteiger partial charge in [-0.2, -0.15) is 0 Å². The molecule has 0 amide bonds. The highest BCUT2D eigenvalue weighted by Crippen LogP contribution is 2.41. The van der Waals surface area contributed by atoms with Crippen LogP contribution in [0, 0.1) is 6.92 Å². The van der Waals surface area contributed by atoms with Crippen LogP contribution in [0.4, 0.5) is 0 Å². The van der Waals surface area contributed by atoms with Gasteiger partial charge in [0.2, 0.25) is 0 Å². The molecule has 0 atom stereocenters. The van der Waals surface area contributed by atoms with E-state index in [0.717, 1.165) is 0 Å². The number of benzene rings is 4. The number of hydrogen-bond acceptors (Lipinski definition) is 0. The summed E-state index contributed by atoms with van der Waals surface area (Å²) in [5.74, 6) is 0. The van der Waals surface area contributed by atoms with Crippen molar-refractivity contribution in [1.82, 2.24) is 4.57 Å². The third kappa shape index (κ3) is 2.93. The lowest BCUT2D eigenvalue weighted by Gasteiger charge is -2.28. The summed E-state index contributed by atoms with van der Waals surface area (Å²) in [5, 5.41) is 2.60. The van der Waals surface area contributed by atoms with E-state index in [1.54, 1.807) is 0 Å². The van der Waals surface area contributed by atoms with Crippen LogP contribution >= 0.6 is 0 Å². The van der Waals surface area contributed by atoms with Crippen LogP contribution in [0.15, 0.2) is 91.0 Å². The first kappa shape index (κ1) is 18.7. The quantitative estimate of drug-likeness (QED) is 0.288. The zero-order chi connectivity index (χ0) is 20.9. The molecule has 5 rings (SSSR count). The minimum absolute atomic E-state index is 0.0106. The Labute approximate surface area is 178 Å². The SMILES string of the molecule is Cc1ccc(-c2cccc(-n3c4ccccc4c4ccccc43)c2C(C)(C)C)cc1. The minimum atomic E-state index is -0.0106. The molecule has 0 saturated heterocycles. The zero-order valence-corrected chi connectivity index (χ0v) is 18.1. The number of para-hydroxylation sites is 2. The van der Waals surface area contributed by atoms with Crippen LogP contribution < -0.4 is 0 Å². The van der Waals surface area contributed by atoms with Crippen LogP contribution in [-0.2, 0) is 5.41 Å². The molecular weight excluding hydrogens is 362 g/mol. The molecule has 4 aromatic carbocycles. The summed E-state index contributed by atoms with van der Waals surface area (Å²) in [7, 11) is 0. The van der Waals surface area contributed by atoms with Crippen LogP contribution in [0.1, 0.15) is 31.9 Å².